The first-order valence-corrected chi connectivity index (χ1v) is 14.0. The number of sulfonamides is 1. The van der Waals surface area contributed by atoms with Crippen LogP contribution < -0.4 is 14.9 Å². The quantitative estimate of drug-likeness (QED) is 0.262. The van der Waals surface area contributed by atoms with E-state index in [4.69, 9.17) is 17.0 Å². The van der Waals surface area contributed by atoms with Gasteiger partial charge in [-0.2, -0.15) is 0 Å². The standard InChI is InChI=1S/C27H25N5O4S2/c1-36-26(33)20-8-3-4-10-22(20)31-17-7-11-23(31)25-24(21-9-5-6-16-28-21)29-27(37)32(25)19-14-12-18(13-15-19)30-38(2,34)35/h3-17,24-25,30H,1-2H3,(H,29,37)/t24-,25-/m0/s1. The summed E-state index contributed by atoms with van der Waals surface area (Å²) in [6, 6.07) is 23.2. The minimum absolute atomic E-state index is 0.309. The number of carbonyl (C=O) groups excluding carboxylic acids is 1. The zero-order valence-electron chi connectivity index (χ0n) is 20.6. The van der Waals surface area contributed by atoms with Crippen molar-refractivity contribution >= 4 is 44.7 Å². The molecule has 1 aliphatic rings. The van der Waals surface area contributed by atoms with Crippen LogP contribution in [-0.2, 0) is 14.8 Å². The number of ether oxygens (including phenoxy) is 1. The number of rotatable bonds is 7. The fraction of sp³-hybridized carbons (Fsp3) is 0.148. The number of benzene rings is 2. The van der Waals surface area contributed by atoms with E-state index >= 15 is 0 Å². The van der Waals surface area contributed by atoms with Gasteiger partial charge in [-0.1, -0.05) is 18.2 Å². The summed E-state index contributed by atoms with van der Waals surface area (Å²) in [6.07, 6.45) is 4.73. The molecule has 0 saturated carbocycles. The van der Waals surface area contributed by atoms with Crippen LogP contribution in [0.2, 0.25) is 0 Å². The van der Waals surface area contributed by atoms with Gasteiger partial charge in [-0.3, -0.25) is 9.71 Å². The Labute approximate surface area is 226 Å². The first-order valence-electron chi connectivity index (χ1n) is 11.7. The number of anilines is 2. The molecule has 0 bridgehead atoms. The lowest BCUT2D eigenvalue weighted by Gasteiger charge is -2.29. The number of aromatic nitrogens is 2. The van der Waals surface area contributed by atoms with E-state index in [0.29, 0.717) is 22.1 Å². The maximum atomic E-state index is 12.6. The number of hydrogen-bond acceptors (Lipinski definition) is 6. The third kappa shape index (κ3) is 4.98. The van der Waals surface area contributed by atoms with Gasteiger partial charge in [0.15, 0.2) is 5.11 Å². The van der Waals surface area contributed by atoms with E-state index in [1.165, 1.54) is 7.11 Å². The van der Waals surface area contributed by atoms with Crippen molar-refractivity contribution in [3.05, 3.63) is 108 Å². The van der Waals surface area contributed by atoms with Gasteiger partial charge in [0.25, 0.3) is 0 Å². The lowest BCUT2D eigenvalue weighted by Crippen LogP contribution is -2.30. The monoisotopic (exact) mass is 547 g/mol. The lowest BCUT2D eigenvalue weighted by atomic mass is 10.0. The fourth-order valence-electron chi connectivity index (χ4n) is 4.66. The summed E-state index contributed by atoms with van der Waals surface area (Å²) in [4.78, 5) is 19.1. The highest BCUT2D eigenvalue weighted by Gasteiger charge is 2.42. The van der Waals surface area contributed by atoms with E-state index < -0.39 is 16.0 Å². The minimum atomic E-state index is -3.41. The summed E-state index contributed by atoms with van der Waals surface area (Å²) < 4.78 is 32.8. The van der Waals surface area contributed by atoms with Crippen molar-refractivity contribution in [2.75, 3.05) is 23.0 Å². The van der Waals surface area contributed by atoms with E-state index in [1.54, 1.807) is 30.5 Å². The van der Waals surface area contributed by atoms with Gasteiger partial charge in [0, 0.05) is 29.5 Å². The molecule has 0 spiro atoms. The molecule has 9 nitrogen and oxygen atoms in total. The molecule has 194 valence electrons. The number of nitrogens with zero attached hydrogens (tertiary/aromatic N) is 3. The van der Waals surface area contributed by atoms with Gasteiger partial charge in [0.05, 0.1) is 36.4 Å². The Balaban J connectivity index is 1.64. The highest BCUT2D eigenvalue weighted by molar-refractivity contribution is 7.92. The van der Waals surface area contributed by atoms with Crippen LogP contribution in [0.5, 0.6) is 0 Å². The van der Waals surface area contributed by atoms with Crippen LogP contribution in [0, 0.1) is 0 Å². The first-order chi connectivity index (χ1) is 18.3. The maximum Gasteiger partial charge on any atom is 0.339 e. The van der Waals surface area contributed by atoms with E-state index in [0.717, 1.165) is 23.3 Å². The second kappa shape index (κ2) is 10.3. The van der Waals surface area contributed by atoms with E-state index in [9.17, 15) is 13.2 Å². The van der Waals surface area contributed by atoms with Gasteiger partial charge in [-0.15, -0.1) is 0 Å². The topological polar surface area (TPSA) is 106 Å². The number of hydrogen-bond donors (Lipinski definition) is 2. The van der Waals surface area contributed by atoms with Crippen LogP contribution in [0.25, 0.3) is 5.69 Å². The van der Waals surface area contributed by atoms with Gasteiger partial charge in [0.1, 0.15) is 6.04 Å². The summed E-state index contributed by atoms with van der Waals surface area (Å²) in [5.74, 6) is -0.438. The average Bonchev–Trinajstić information content (AvgIpc) is 3.52. The molecule has 2 atom stereocenters. The Bertz CT molecular complexity index is 1590. The average molecular weight is 548 g/mol. The highest BCUT2D eigenvalue weighted by Crippen LogP contribution is 2.42. The molecular weight excluding hydrogens is 522 g/mol. The molecule has 1 aliphatic heterocycles. The molecule has 1 fully saturated rings. The predicted octanol–water partition coefficient (Wildman–Crippen LogP) is 4.21. The minimum Gasteiger partial charge on any atom is -0.465 e. The number of nitrogens with one attached hydrogen (secondary N) is 2. The zero-order chi connectivity index (χ0) is 26.9. The number of esters is 1. The van der Waals surface area contributed by atoms with E-state index in [2.05, 4.69) is 15.0 Å². The van der Waals surface area contributed by atoms with Crippen LogP contribution in [0.3, 0.4) is 0 Å². The van der Waals surface area contributed by atoms with Crippen molar-refractivity contribution in [3.63, 3.8) is 0 Å². The molecule has 0 amide bonds. The number of carbonyl (C=O) groups is 1. The smallest absolute Gasteiger partial charge is 0.339 e. The first kappa shape index (κ1) is 25.4. The van der Waals surface area contributed by atoms with Gasteiger partial charge in [0.2, 0.25) is 10.0 Å². The second-order valence-electron chi connectivity index (χ2n) is 8.73. The number of methoxy groups -OCH3 is 1. The van der Waals surface area contributed by atoms with Gasteiger partial charge >= 0.3 is 5.97 Å². The molecule has 1 saturated heterocycles. The summed E-state index contributed by atoms with van der Waals surface area (Å²) in [5, 5.41) is 3.90. The Morgan fingerprint density at radius 3 is 2.45 bits per heavy atom. The van der Waals surface area contributed by atoms with Crippen molar-refractivity contribution in [1.29, 1.82) is 0 Å². The molecule has 38 heavy (non-hydrogen) atoms. The van der Waals surface area contributed by atoms with Crippen LogP contribution in [0.4, 0.5) is 11.4 Å². The molecule has 0 unspecified atom stereocenters. The van der Waals surface area contributed by atoms with Gasteiger partial charge < -0.3 is 19.5 Å². The highest BCUT2D eigenvalue weighted by atomic mass is 32.2. The molecule has 2 aromatic heterocycles. The third-order valence-electron chi connectivity index (χ3n) is 6.20. The summed E-state index contributed by atoms with van der Waals surface area (Å²) in [7, 11) is -2.05. The predicted molar refractivity (Wildman–Crippen MR) is 150 cm³/mol. The lowest BCUT2D eigenvalue weighted by molar-refractivity contribution is 0.0600. The molecule has 11 heteroatoms. The van der Waals surface area contributed by atoms with Crippen molar-refractivity contribution in [3.8, 4) is 5.69 Å². The molecular formula is C27H25N5O4S2. The molecule has 0 radical (unpaired) electrons. The van der Waals surface area contributed by atoms with Crippen LogP contribution in [0.15, 0.2) is 91.3 Å². The normalized spacial score (nSPS) is 17.2. The van der Waals surface area contributed by atoms with Gasteiger partial charge in [-0.25, -0.2) is 13.2 Å². The zero-order valence-corrected chi connectivity index (χ0v) is 22.2. The van der Waals surface area contributed by atoms with E-state index in [1.807, 2.05) is 70.3 Å². The van der Waals surface area contributed by atoms with Gasteiger partial charge in [-0.05, 0) is 72.9 Å². The molecule has 4 aromatic rings. The van der Waals surface area contributed by atoms with Crippen molar-refractivity contribution in [2.45, 2.75) is 12.1 Å². The Hall–Kier alpha value is -4.22. The summed E-state index contributed by atoms with van der Waals surface area (Å²) in [5.41, 5.74) is 3.97. The van der Waals surface area contributed by atoms with Crippen LogP contribution >= 0.6 is 12.2 Å². The Morgan fingerprint density at radius 1 is 1.03 bits per heavy atom. The van der Waals surface area contributed by atoms with Crippen molar-refractivity contribution < 1.29 is 17.9 Å². The summed E-state index contributed by atoms with van der Waals surface area (Å²) in [6.45, 7) is 0. The van der Waals surface area contributed by atoms with E-state index in [-0.39, 0.29) is 12.1 Å². The Kier molecular flexibility index (Phi) is 6.87. The van der Waals surface area contributed by atoms with Crippen molar-refractivity contribution in [2.24, 2.45) is 0 Å². The summed E-state index contributed by atoms with van der Waals surface area (Å²) >= 11 is 5.81. The molecule has 3 heterocycles. The maximum absolute atomic E-state index is 12.6. The van der Waals surface area contributed by atoms with Crippen LogP contribution in [-0.4, -0.2) is 42.4 Å². The number of para-hydroxylation sites is 1. The largest absolute Gasteiger partial charge is 0.465 e. The Morgan fingerprint density at radius 2 is 1.76 bits per heavy atom. The number of pyridine rings is 1. The third-order valence-corrected chi connectivity index (χ3v) is 7.12. The SMILES string of the molecule is COC(=O)c1ccccc1-n1cccc1[C@H]1[C@H](c2ccccn2)NC(=S)N1c1ccc(NS(C)(=O)=O)cc1. The van der Waals surface area contributed by atoms with Crippen molar-refractivity contribution in [1.82, 2.24) is 14.9 Å². The molecule has 2 N–H and O–H groups in total. The molecule has 2 aromatic carbocycles. The second-order valence-corrected chi connectivity index (χ2v) is 10.9. The fourth-order valence-corrected chi connectivity index (χ4v) is 5.57. The molecule has 5 rings (SSSR count). The number of thiocarbonyl (C=S) groups is 1. The molecule has 0 aliphatic carbocycles. The van der Waals surface area contributed by atoms with Crippen LogP contribution in [0.1, 0.15) is 33.8 Å².